The summed E-state index contributed by atoms with van der Waals surface area (Å²) < 4.78 is 14.7. The highest BCUT2D eigenvalue weighted by Crippen LogP contribution is 2.24. The Bertz CT molecular complexity index is 901. The summed E-state index contributed by atoms with van der Waals surface area (Å²) in [5, 5.41) is 12.3. The van der Waals surface area contributed by atoms with E-state index < -0.39 is 0 Å². The van der Waals surface area contributed by atoms with Crippen molar-refractivity contribution in [2.45, 2.75) is 6.92 Å². The molecule has 3 aromatic rings. The highest BCUT2D eigenvalue weighted by Gasteiger charge is 2.15. The van der Waals surface area contributed by atoms with Crippen LogP contribution < -0.4 is 0 Å². The fourth-order valence-corrected chi connectivity index (χ4v) is 2.21. The number of rotatable bonds is 1. The van der Waals surface area contributed by atoms with Crippen molar-refractivity contribution in [1.29, 1.82) is 5.26 Å². The van der Waals surface area contributed by atoms with Gasteiger partial charge in [-0.05, 0) is 43.4 Å². The second-order valence-corrected chi connectivity index (χ2v) is 4.57. The Kier molecular flexibility index (Phi) is 2.80. The lowest BCUT2D eigenvalue weighted by molar-refractivity contribution is 0.628. The summed E-state index contributed by atoms with van der Waals surface area (Å²) in [6, 6.07) is 7.83. The molecule has 0 aliphatic heterocycles. The Hall–Kier alpha value is -2.59. The molecule has 0 aliphatic carbocycles. The van der Waals surface area contributed by atoms with E-state index in [0.717, 1.165) is 0 Å². The van der Waals surface area contributed by atoms with Gasteiger partial charge in [0.05, 0.1) is 5.69 Å². The first-order chi connectivity index (χ1) is 9.60. The van der Waals surface area contributed by atoms with Crippen molar-refractivity contribution < 1.29 is 4.39 Å². The first-order valence-electron chi connectivity index (χ1n) is 5.75. The molecule has 5 nitrogen and oxygen atoms in total. The fraction of sp³-hybridized carbons (Fsp3) is 0.0769. The smallest absolute Gasteiger partial charge is 0.221 e. The molecule has 98 valence electrons. The number of benzene rings is 1. The van der Waals surface area contributed by atoms with Gasteiger partial charge >= 0.3 is 0 Å². The molecule has 0 aliphatic rings. The van der Waals surface area contributed by atoms with Crippen LogP contribution >= 0.6 is 12.2 Å². The van der Waals surface area contributed by atoms with Crippen LogP contribution in [-0.4, -0.2) is 19.6 Å². The van der Waals surface area contributed by atoms with Crippen LogP contribution in [0.25, 0.3) is 16.9 Å². The van der Waals surface area contributed by atoms with Gasteiger partial charge in [0.1, 0.15) is 23.3 Å². The van der Waals surface area contributed by atoms with Gasteiger partial charge in [-0.1, -0.05) is 0 Å². The number of aryl methyl sites for hydroxylation is 1. The monoisotopic (exact) mass is 285 g/mol. The molecule has 20 heavy (non-hydrogen) atoms. The number of aromatic amines is 1. The van der Waals surface area contributed by atoms with Crippen molar-refractivity contribution in [2.75, 3.05) is 0 Å². The van der Waals surface area contributed by atoms with Crippen molar-refractivity contribution in [1.82, 2.24) is 19.6 Å². The summed E-state index contributed by atoms with van der Waals surface area (Å²) >= 11 is 5.18. The molecule has 0 saturated carbocycles. The molecule has 0 fully saturated rings. The molecule has 0 radical (unpaired) electrons. The zero-order valence-electron chi connectivity index (χ0n) is 10.4. The van der Waals surface area contributed by atoms with E-state index in [0.29, 0.717) is 28.3 Å². The lowest BCUT2D eigenvalue weighted by Gasteiger charge is -2.04. The minimum atomic E-state index is -0.350. The number of halogens is 1. The average molecular weight is 285 g/mol. The van der Waals surface area contributed by atoms with Gasteiger partial charge in [0.15, 0.2) is 5.65 Å². The minimum Gasteiger partial charge on any atom is -0.277 e. The molecule has 1 aromatic carbocycles. The second-order valence-electron chi connectivity index (χ2n) is 4.20. The van der Waals surface area contributed by atoms with E-state index in [4.69, 9.17) is 12.2 Å². The maximum atomic E-state index is 13.0. The first-order valence-corrected chi connectivity index (χ1v) is 6.16. The quantitative estimate of drug-likeness (QED) is 0.698. The maximum absolute atomic E-state index is 13.0. The van der Waals surface area contributed by atoms with Gasteiger partial charge in [-0.15, -0.1) is 0 Å². The molecule has 0 unspecified atom stereocenters. The van der Waals surface area contributed by atoms with Gasteiger partial charge in [-0.25, -0.2) is 18.9 Å². The van der Waals surface area contributed by atoms with Crippen LogP contribution in [0.2, 0.25) is 0 Å². The minimum absolute atomic E-state index is 0.263. The molecule has 2 heterocycles. The van der Waals surface area contributed by atoms with Crippen LogP contribution in [-0.2, 0) is 0 Å². The van der Waals surface area contributed by atoms with Crippen molar-refractivity contribution in [3.05, 3.63) is 46.2 Å². The predicted molar refractivity (Wildman–Crippen MR) is 73.0 cm³/mol. The van der Waals surface area contributed by atoms with Crippen LogP contribution in [0.1, 0.15) is 11.4 Å². The zero-order valence-corrected chi connectivity index (χ0v) is 11.2. The highest BCUT2D eigenvalue weighted by molar-refractivity contribution is 7.71. The lowest BCUT2D eigenvalue weighted by Crippen LogP contribution is -2.00. The Morgan fingerprint density at radius 3 is 2.65 bits per heavy atom. The highest BCUT2D eigenvalue weighted by atomic mass is 32.1. The number of fused-ring (bicyclic) bond motifs is 1. The Morgan fingerprint density at radius 1 is 1.30 bits per heavy atom. The number of nitrogens with one attached hydrogen (secondary N) is 1. The van der Waals surface area contributed by atoms with Crippen molar-refractivity contribution in [2.24, 2.45) is 0 Å². The molecule has 7 heteroatoms. The molecular weight excluding hydrogens is 277 g/mol. The third kappa shape index (κ3) is 1.87. The largest absolute Gasteiger partial charge is 0.277 e. The van der Waals surface area contributed by atoms with E-state index in [2.05, 4.69) is 21.1 Å². The number of nitriles is 1. The van der Waals surface area contributed by atoms with Crippen molar-refractivity contribution >= 4 is 17.9 Å². The van der Waals surface area contributed by atoms with E-state index in [9.17, 15) is 9.65 Å². The number of hydrogen-bond donors (Lipinski definition) is 1. The van der Waals surface area contributed by atoms with Crippen LogP contribution in [0.4, 0.5) is 4.39 Å². The summed E-state index contributed by atoms with van der Waals surface area (Å²) in [6.07, 6.45) is 0. The topological polar surface area (TPSA) is 69.8 Å². The number of aromatic nitrogens is 4. The fourth-order valence-electron chi connectivity index (χ4n) is 1.98. The van der Waals surface area contributed by atoms with Gasteiger partial charge in [0.25, 0.3) is 0 Å². The second kappa shape index (κ2) is 4.51. The summed E-state index contributed by atoms with van der Waals surface area (Å²) in [5.74, 6) is 0.280. The van der Waals surface area contributed by atoms with Gasteiger partial charge in [0, 0.05) is 5.56 Å². The van der Waals surface area contributed by atoms with E-state index >= 15 is 0 Å². The standard InChI is InChI=1S/C13H8FN5S/c1-7-16-12-10(6-15)11(17-13(20)19(12)18-7)8-2-4-9(14)5-3-8/h2-5H,1H3,(H,16,18). The molecular formula is C13H8FN5S. The Morgan fingerprint density at radius 2 is 2.00 bits per heavy atom. The molecule has 3 rings (SSSR count). The van der Waals surface area contributed by atoms with Gasteiger partial charge < -0.3 is 0 Å². The van der Waals surface area contributed by atoms with E-state index in [1.807, 2.05) is 0 Å². The average Bonchev–Trinajstić information content (AvgIpc) is 2.82. The number of H-pyrrole nitrogens is 1. The summed E-state index contributed by atoms with van der Waals surface area (Å²) in [4.78, 5) is 8.50. The van der Waals surface area contributed by atoms with Crippen LogP contribution in [0.5, 0.6) is 0 Å². The van der Waals surface area contributed by atoms with Crippen molar-refractivity contribution in [3.8, 4) is 17.3 Å². The summed E-state index contributed by atoms with van der Waals surface area (Å²) in [7, 11) is 0. The van der Waals surface area contributed by atoms with Crippen LogP contribution in [0.3, 0.4) is 0 Å². The molecule has 0 spiro atoms. The number of hydrogen-bond acceptors (Lipinski definition) is 4. The zero-order chi connectivity index (χ0) is 14.3. The van der Waals surface area contributed by atoms with E-state index in [1.165, 1.54) is 16.6 Å². The molecule has 2 aromatic heterocycles. The first kappa shape index (κ1) is 12.4. The molecule has 0 bridgehead atoms. The lowest BCUT2D eigenvalue weighted by atomic mass is 10.1. The van der Waals surface area contributed by atoms with E-state index in [1.54, 1.807) is 19.1 Å². The normalized spacial score (nSPS) is 10.7. The Balaban J connectivity index is 2.39. The van der Waals surface area contributed by atoms with Crippen LogP contribution in [0, 0.1) is 28.8 Å². The molecule has 0 saturated heterocycles. The van der Waals surface area contributed by atoms with Crippen LogP contribution in [0.15, 0.2) is 24.3 Å². The SMILES string of the molecule is Cc1nc2c(C#N)c(-c3ccc(F)cc3)nc(=S)n2[nH]1. The third-order valence-corrected chi connectivity index (χ3v) is 3.12. The number of nitrogens with zero attached hydrogens (tertiary/aromatic N) is 4. The van der Waals surface area contributed by atoms with Gasteiger partial charge in [-0.2, -0.15) is 5.26 Å². The summed E-state index contributed by atoms with van der Waals surface area (Å²) in [6.45, 7) is 1.76. The summed E-state index contributed by atoms with van der Waals surface area (Å²) in [5.41, 5.74) is 1.75. The molecule has 0 amide bonds. The molecule has 0 atom stereocenters. The maximum Gasteiger partial charge on any atom is 0.221 e. The predicted octanol–water partition coefficient (Wildman–Crippen LogP) is 2.77. The van der Waals surface area contributed by atoms with Gasteiger partial charge in [-0.3, -0.25) is 5.10 Å². The van der Waals surface area contributed by atoms with Crippen molar-refractivity contribution in [3.63, 3.8) is 0 Å². The molecule has 1 N–H and O–H groups in total. The Labute approximate surface area is 118 Å². The van der Waals surface area contributed by atoms with Gasteiger partial charge in [0.2, 0.25) is 4.77 Å². The third-order valence-electron chi connectivity index (χ3n) is 2.85. The van der Waals surface area contributed by atoms with E-state index in [-0.39, 0.29) is 10.6 Å².